The molecule has 5 rings (SSSR count). The standard InChI is InChI=1S/C35H43NO7S2/c1-35(2)31(20-11-23-7-5-4-6-8-23)36-33-27(21-29(37)25-12-9-24(10-13-25)22-44(39)40)16-19-30(32(33)35)43-34(38)26-14-17-28(18-15-26)45(3,41)42/h4-8,11,16,19-20,24-26,28H,9-10,12-15,17-18,21-22H2,1-3H3,(H,39,40)/b20-11+. The van der Waals surface area contributed by atoms with Crippen LogP contribution in [0.15, 0.2) is 53.5 Å². The lowest BCUT2D eigenvalue weighted by atomic mass is 9.78. The van der Waals surface area contributed by atoms with Gasteiger partial charge in [-0.15, -0.1) is 0 Å². The molecule has 2 saturated carbocycles. The first kappa shape index (κ1) is 33.4. The highest BCUT2D eigenvalue weighted by atomic mass is 32.2. The summed E-state index contributed by atoms with van der Waals surface area (Å²) < 4.78 is 50.6. The maximum Gasteiger partial charge on any atom is 0.314 e. The Labute approximate surface area is 269 Å². The highest BCUT2D eigenvalue weighted by Crippen LogP contribution is 2.48. The summed E-state index contributed by atoms with van der Waals surface area (Å²) in [5.74, 6) is 0.152. The topological polar surface area (TPSA) is 127 Å². The second-order valence-corrected chi connectivity index (χ2v) is 16.7. The Kier molecular flexibility index (Phi) is 10.3. The summed E-state index contributed by atoms with van der Waals surface area (Å²) in [7, 11) is -3.14. The first-order valence-electron chi connectivity index (χ1n) is 15.8. The molecule has 2 fully saturated rings. The predicted molar refractivity (Wildman–Crippen MR) is 178 cm³/mol. The van der Waals surface area contributed by atoms with Crippen molar-refractivity contribution in [3.05, 3.63) is 65.2 Å². The number of Topliss-reactive ketones (excluding diaryl/α,β-unsaturated/α-hetero) is 1. The summed E-state index contributed by atoms with van der Waals surface area (Å²) >= 11 is -1.82. The number of allylic oxidation sites excluding steroid dienone is 1. The normalized spacial score (nSPS) is 25.4. The third kappa shape index (κ3) is 7.89. The number of fused-ring (bicyclic) bond motifs is 1. The number of hydrogen-bond donors (Lipinski definition) is 1. The summed E-state index contributed by atoms with van der Waals surface area (Å²) in [5.41, 5.74) is 3.44. The predicted octanol–water partition coefficient (Wildman–Crippen LogP) is 6.41. The van der Waals surface area contributed by atoms with Gasteiger partial charge in [-0.2, -0.15) is 0 Å². The van der Waals surface area contributed by atoms with Gasteiger partial charge in [-0.25, -0.2) is 12.6 Å². The lowest BCUT2D eigenvalue weighted by molar-refractivity contribution is -0.140. The van der Waals surface area contributed by atoms with E-state index in [1.54, 1.807) is 6.07 Å². The average molecular weight is 654 g/mol. The largest absolute Gasteiger partial charge is 0.426 e. The summed E-state index contributed by atoms with van der Waals surface area (Å²) in [4.78, 5) is 31.9. The molecule has 2 aromatic rings. The van der Waals surface area contributed by atoms with E-state index in [-0.39, 0.29) is 41.7 Å². The van der Waals surface area contributed by atoms with Gasteiger partial charge in [0.05, 0.1) is 28.3 Å². The van der Waals surface area contributed by atoms with Crippen molar-refractivity contribution in [3.63, 3.8) is 0 Å². The van der Waals surface area contributed by atoms with E-state index in [0.29, 0.717) is 50.0 Å². The lowest BCUT2D eigenvalue weighted by Gasteiger charge is -2.28. The van der Waals surface area contributed by atoms with E-state index < -0.39 is 31.6 Å². The van der Waals surface area contributed by atoms with Crippen LogP contribution in [0.2, 0.25) is 0 Å². The van der Waals surface area contributed by atoms with Crippen molar-refractivity contribution in [3.8, 4) is 5.75 Å². The van der Waals surface area contributed by atoms with Crippen molar-refractivity contribution >= 4 is 50.1 Å². The van der Waals surface area contributed by atoms with Gasteiger partial charge in [0.2, 0.25) is 0 Å². The van der Waals surface area contributed by atoms with Crippen LogP contribution in [0.1, 0.15) is 81.9 Å². The molecule has 1 heterocycles. The Balaban J connectivity index is 1.39. The van der Waals surface area contributed by atoms with Crippen LogP contribution in [0.5, 0.6) is 5.75 Å². The highest BCUT2D eigenvalue weighted by Gasteiger charge is 2.40. The number of benzene rings is 2. The molecular formula is C35H43NO7S2. The molecule has 0 spiro atoms. The average Bonchev–Trinajstić information content (AvgIpc) is 3.27. The van der Waals surface area contributed by atoms with Crippen LogP contribution in [0.4, 0.5) is 5.69 Å². The van der Waals surface area contributed by atoms with Crippen LogP contribution in [-0.4, -0.2) is 51.9 Å². The number of hydrogen-bond acceptors (Lipinski definition) is 7. The molecule has 10 heteroatoms. The van der Waals surface area contributed by atoms with Gasteiger partial charge in [0.1, 0.15) is 21.4 Å². The fraction of sp³-hybridized carbons (Fsp3) is 0.514. The Hall–Kier alpha value is -2.95. The number of rotatable bonds is 10. The minimum atomic E-state index is -3.14. The van der Waals surface area contributed by atoms with Crippen molar-refractivity contribution in [1.29, 1.82) is 0 Å². The van der Waals surface area contributed by atoms with Crippen LogP contribution in [0, 0.1) is 17.8 Å². The van der Waals surface area contributed by atoms with Crippen LogP contribution in [0.3, 0.4) is 0 Å². The van der Waals surface area contributed by atoms with Crippen LogP contribution < -0.4 is 4.74 Å². The zero-order chi connectivity index (χ0) is 32.4. The molecule has 2 aromatic carbocycles. The summed E-state index contributed by atoms with van der Waals surface area (Å²) in [6.07, 6.45) is 10.2. The van der Waals surface area contributed by atoms with Gasteiger partial charge < -0.3 is 9.29 Å². The molecule has 45 heavy (non-hydrogen) atoms. The number of carbonyl (C=O) groups excluding carboxylic acids is 2. The van der Waals surface area contributed by atoms with Gasteiger partial charge >= 0.3 is 5.97 Å². The molecule has 0 saturated heterocycles. The number of esters is 1. The molecule has 242 valence electrons. The third-order valence-corrected chi connectivity index (χ3v) is 12.3. The lowest BCUT2D eigenvalue weighted by Crippen LogP contribution is -2.32. The van der Waals surface area contributed by atoms with Crippen molar-refractivity contribution in [2.24, 2.45) is 22.7 Å². The van der Waals surface area contributed by atoms with E-state index >= 15 is 0 Å². The molecule has 1 N–H and O–H groups in total. The fourth-order valence-electron chi connectivity index (χ4n) is 7.05. The fourth-order valence-corrected chi connectivity index (χ4v) is 8.92. The van der Waals surface area contributed by atoms with Gasteiger partial charge in [-0.05, 0) is 94.4 Å². The van der Waals surface area contributed by atoms with E-state index in [0.717, 1.165) is 35.2 Å². The highest BCUT2D eigenvalue weighted by molar-refractivity contribution is 7.91. The summed E-state index contributed by atoms with van der Waals surface area (Å²) in [6.45, 7) is 4.08. The Morgan fingerprint density at radius 2 is 1.60 bits per heavy atom. The SMILES string of the molecule is CC1(C)C(/C=C/c2ccccc2)=Nc2c(CC(=O)C3CCC(CS(=O)O)CC3)ccc(OC(=O)C3CCC(S(C)(=O)=O)CC3)c21. The number of carbonyl (C=O) groups is 2. The molecule has 0 radical (unpaired) electrons. The molecule has 1 unspecified atom stereocenters. The zero-order valence-electron chi connectivity index (χ0n) is 26.2. The van der Waals surface area contributed by atoms with Gasteiger partial charge in [0.15, 0.2) is 11.1 Å². The quantitative estimate of drug-likeness (QED) is 0.178. The first-order valence-corrected chi connectivity index (χ1v) is 19.1. The number of aliphatic imine (C=N–C) groups is 1. The molecular weight excluding hydrogens is 611 g/mol. The van der Waals surface area contributed by atoms with E-state index in [9.17, 15) is 26.8 Å². The number of ketones is 1. The second kappa shape index (κ2) is 13.8. The molecule has 2 aliphatic carbocycles. The van der Waals surface area contributed by atoms with Gasteiger partial charge in [0.25, 0.3) is 0 Å². The Bertz CT molecular complexity index is 1610. The molecule has 8 nitrogen and oxygen atoms in total. The maximum atomic E-state index is 13.5. The molecule has 0 bridgehead atoms. The number of ether oxygens (including phenoxy) is 1. The van der Waals surface area contributed by atoms with E-state index in [1.165, 1.54) is 6.26 Å². The van der Waals surface area contributed by atoms with Crippen LogP contribution >= 0.6 is 0 Å². The van der Waals surface area contributed by atoms with Crippen molar-refractivity contribution in [2.75, 3.05) is 12.0 Å². The van der Waals surface area contributed by atoms with E-state index in [1.807, 2.05) is 62.4 Å². The zero-order valence-corrected chi connectivity index (χ0v) is 27.9. The molecule has 0 amide bonds. The van der Waals surface area contributed by atoms with E-state index in [4.69, 9.17) is 9.73 Å². The smallest absolute Gasteiger partial charge is 0.314 e. The van der Waals surface area contributed by atoms with Gasteiger partial charge in [0, 0.05) is 29.6 Å². The molecule has 3 aliphatic rings. The second-order valence-electron chi connectivity index (χ2n) is 13.4. The van der Waals surface area contributed by atoms with Crippen molar-refractivity contribution in [1.82, 2.24) is 0 Å². The summed E-state index contributed by atoms with van der Waals surface area (Å²) in [5, 5.41) is -0.414. The van der Waals surface area contributed by atoms with Crippen LogP contribution in [0.25, 0.3) is 6.08 Å². The number of nitrogens with zero attached hydrogens (tertiary/aromatic N) is 1. The van der Waals surface area contributed by atoms with E-state index in [2.05, 4.69) is 0 Å². The third-order valence-electron chi connectivity index (χ3n) is 9.82. The Morgan fingerprint density at radius 1 is 0.956 bits per heavy atom. The molecule has 0 aromatic heterocycles. The first-order chi connectivity index (χ1) is 21.3. The minimum Gasteiger partial charge on any atom is -0.426 e. The Morgan fingerprint density at radius 3 is 2.22 bits per heavy atom. The maximum absolute atomic E-state index is 13.5. The minimum absolute atomic E-state index is 0.0977. The summed E-state index contributed by atoms with van der Waals surface area (Å²) in [6, 6.07) is 13.5. The monoisotopic (exact) mass is 653 g/mol. The molecule has 1 atom stereocenters. The van der Waals surface area contributed by atoms with Crippen LogP contribution in [-0.2, 0) is 42.3 Å². The number of sulfone groups is 1. The van der Waals surface area contributed by atoms with Crippen molar-refractivity contribution in [2.45, 2.75) is 82.3 Å². The molecule has 1 aliphatic heterocycles. The van der Waals surface area contributed by atoms with Gasteiger partial charge in [-0.3, -0.25) is 14.6 Å². The van der Waals surface area contributed by atoms with Gasteiger partial charge in [-0.1, -0.05) is 42.5 Å². The van der Waals surface area contributed by atoms with Crippen molar-refractivity contribution < 1.29 is 31.5 Å².